The topological polar surface area (TPSA) is 49.4 Å². The molecule has 0 atom stereocenters. The first kappa shape index (κ1) is 19.2. The summed E-state index contributed by atoms with van der Waals surface area (Å²) < 4.78 is 0. The summed E-state index contributed by atoms with van der Waals surface area (Å²) in [6, 6.07) is 13.9. The van der Waals surface area contributed by atoms with Crippen LogP contribution in [0.5, 0.6) is 0 Å². The Labute approximate surface area is 161 Å². The Morgan fingerprint density at radius 3 is 2.48 bits per heavy atom. The molecule has 142 valence electrons. The Bertz CT molecular complexity index is 884. The third kappa shape index (κ3) is 3.48. The number of amides is 2. The van der Waals surface area contributed by atoms with Crippen molar-refractivity contribution in [2.45, 2.75) is 47.0 Å². The van der Waals surface area contributed by atoms with Crippen LogP contribution in [-0.2, 0) is 16.0 Å². The molecule has 0 radical (unpaired) electrons. The second-order valence-electron chi connectivity index (χ2n) is 8.11. The first-order valence-electron chi connectivity index (χ1n) is 9.54. The van der Waals surface area contributed by atoms with E-state index in [4.69, 9.17) is 0 Å². The van der Waals surface area contributed by atoms with Crippen LogP contribution in [0.4, 0.5) is 11.4 Å². The van der Waals surface area contributed by atoms with Crippen molar-refractivity contribution < 1.29 is 9.59 Å². The van der Waals surface area contributed by atoms with Gasteiger partial charge in [-0.25, -0.2) is 0 Å². The molecule has 1 heterocycles. The zero-order chi connectivity index (χ0) is 19.8. The Morgan fingerprint density at radius 1 is 1.07 bits per heavy atom. The first-order chi connectivity index (χ1) is 12.7. The van der Waals surface area contributed by atoms with E-state index >= 15 is 0 Å². The highest BCUT2D eigenvalue weighted by Crippen LogP contribution is 2.34. The number of para-hydroxylation sites is 2. The fourth-order valence-corrected chi connectivity index (χ4v) is 3.60. The lowest BCUT2D eigenvalue weighted by Gasteiger charge is -2.29. The lowest BCUT2D eigenvalue weighted by molar-refractivity contribution is -0.136. The fourth-order valence-electron chi connectivity index (χ4n) is 3.60. The minimum absolute atomic E-state index is 0.162. The molecular weight excluding hydrogens is 336 g/mol. The molecule has 4 nitrogen and oxygen atoms in total. The number of carbonyl (C=O) groups is 2. The van der Waals surface area contributed by atoms with Crippen LogP contribution in [0.2, 0.25) is 0 Å². The Hall–Kier alpha value is -2.62. The van der Waals surface area contributed by atoms with Crippen LogP contribution < -0.4 is 10.2 Å². The number of nitrogens with one attached hydrogen (secondary N) is 1. The van der Waals surface area contributed by atoms with E-state index in [1.807, 2.05) is 49.4 Å². The van der Waals surface area contributed by atoms with E-state index in [9.17, 15) is 9.59 Å². The fraction of sp³-hybridized carbons (Fsp3) is 0.391. The number of nitrogens with zero attached hydrogens (tertiary/aromatic N) is 1. The van der Waals surface area contributed by atoms with Gasteiger partial charge in [0.1, 0.15) is 5.41 Å². The predicted molar refractivity (Wildman–Crippen MR) is 110 cm³/mol. The molecule has 1 N–H and O–H groups in total. The summed E-state index contributed by atoms with van der Waals surface area (Å²) in [5.41, 5.74) is 3.82. The quantitative estimate of drug-likeness (QED) is 0.801. The van der Waals surface area contributed by atoms with Crippen molar-refractivity contribution in [3.63, 3.8) is 0 Å². The summed E-state index contributed by atoms with van der Waals surface area (Å²) in [5, 5.41) is 3.04. The van der Waals surface area contributed by atoms with Crippen molar-refractivity contribution in [3.05, 3.63) is 59.2 Å². The average molecular weight is 364 g/mol. The molecular formula is C23H28N2O2. The first-order valence-corrected chi connectivity index (χ1v) is 9.54. The number of anilines is 2. The van der Waals surface area contributed by atoms with E-state index in [2.05, 4.69) is 19.2 Å². The van der Waals surface area contributed by atoms with Gasteiger partial charge in [0.15, 0.2) is 0 Å². The monoisotopic (exact) mass is 364 g/mol. The van der Waals surface area contributed by atoms with Gasteiger partial charge in [-0.05, 0) is 55.9 Å². The van der Waals surface area contributed by atoms with Crippen LogP contribution in [0.25, 0.3) is 0 Å². The van der Waals surface area contributed by atoms with Gasteiger partial charge in [0.2, 0.25) is 11.8 Å². The predicted octanol–water partition coefficient (Wildman–Crippen LogP) is 4.67. The van der Waals surface area contributed by atoms with E-state index in [1.165, 1.54) is 0 Å². The van der Waals surface area contributed by atoms with Crippen LogP contribution in [0, 0.1) is 12.3 Å². The smallest absolute Gasteiger partial charge is 0.242 e. The molecule has 0 unspecified atom stereocenters. The van der Waals surface area contributed by atoms with Gasteiger partial charge in [0.05, 0.1) is 0 Å². The third-order valence-corrected chi connectivity index (χ3v) is 5.40. The van der Waals surface area contributed by atoms with Gasteiger partial charge in [0.25, 0.3) is 0 Å². The maximum atomic E-state index is 13.2. The summed E-state index contributed by atoms with van der Waals surface area (Å²) in [7, 11) is 0. The van der Waals surface area contributed by atoms with E-state index in [0.29, 0.717) is 6.54 Å². The molecule has 2 aromatic carbocycles. The van der Waals surface area contributed by atoms with Gasteiger partial charge in [-0.3, -0.25) is 9.59 Å². The molecule has 0 saturated carbocycles. The van der Waals surface area contributed by atoms with Crippen molar-refractivity contribution in [1.82, 2.24) is 0 Å². The number of hydrogen-bond donors (Lipinski definition) is 1. The molecule has 0 bridgehead atoms. The molecule has 0 spiro atoms. The highest BCUT2D eigenvalue weighted by Gasteiger charge is 2.41. The molecule has 1 aliphatic heterocycles. The van der Waals surface area contributed by atoms with Crippen LogP contribution in [-0.4, -0.2) is 18.4 Å². The summed E-state index contributed by atoms with van der Waals surface area (Å²) in [5.74, 6) is -0.151. The van der Waals surface area contributed by atoms with Crippen molar-refractivity contribution in [2.24, 2.45) is 5.41 Å². The largest absolute Gasteiger partial charge is 0.325 e. The normalized spacial score (nSPS) is 13.6. The molecule has 3 rings (SSSR count). The molecule has 0 saturated heterocycles. The van der Waals surface area contributed by atoms with Gasteiger partial charge >= 0.3 is 0 Å². The lowest BCUT2D eigenvalue weighted by atomic mass is 9.89. The molecule has 27 heavy (non-hydrogen) atoms. The summed E-state index contributed by atoms with van der Waals surface area (Å²) in [6.07, 6.45) is 0.828. The Morgan fingerprint density at radius 2 is 1.78 bits per heavy atom. The molecule has 0 aliphatic carbocycles. The number of carbonyl (C=O) groups excluding carboxylic acids is 2. The second-order valence-corrected chi connectivity index (χ2v) is 8.11. The highest BCUT2D eigenvalue weighted by molar-refractivity contribution is 6.15. The molecule has 0 aromatic heterocycles. The van der Waals surface area contributed by atoms with Gasteiger partial charge in [-0.15, -0.1) is 0 Å². The van der Waals surface area contributed by atoms with Crippen LogP contribution in [0.15, 0.2) is 42.5 Å². The maximum absolute atomic E-state index is 13.2. The number of aryl methyl sites for hydroxylation is 1. The summed E-state index contributed by atoms with van der Waals surface area (Å²) in [4.78, 5) is 28.1. The van der Waals surface area contributed by atoms with Gasteiger partial charge < -0.3 is 10.2 Å². The molecule has 2 amide bonds. The van der Waals surface area contributed by atoms with Gasteiger partial charge in [-0.1, -0.05) is 50.2 Å². The Balaban J connectivity index is 1.86. The maximum Gasteiger partial charge on any atom is 0.242 e. The SMILES string of the molecule is Cc1cccc(C(C)C)c1NC(=O)C(C)(C)C(=O)N1CCc2ccccc21. The molecule has 1 aliphatic rings. The number of rotatable bonds is 4. The van der Waals surface area contributed by atoms with E-state index in [0.717, 1.165) is 34.5 Å². The second kappa shape index (κ2) is 7.18. The van der Waals surface area contributed by atoms with Crippen LogP contribution >= 0.6 is 0 Å². The summed E-state index contributed by atoms with van der Waals surface area (Å²) >= 11 is 0. The molecule has 2 aromatic rings. The number of hydrogen-bond acceptors (Lipinski definition) is 2. The molecule has 0 fully saturated rings. The zero-order valence-electron chi connectivity index (χ0n) is 16.8. The van der Waals surface area contributed by atoms with Crippen molar-refractivity contribution in [1.29, 1.82) is 0 Å². The van der Waals surface area contributed by atoms with Gasteiger partial charge in [0, 0.05) is 17.9 Å². The average Bonchev–Trinajstić information content (AvgIpc) is 3.06. The van der Waals surface area contributed by atoms with Crippen molar-refractivity contribution in [3.8, 4) is 0 Å². The van der Waals surface area contributed by atoms with Gasteiger partial charge in [-0.2, -0.15) is 0 Å². The molecule has 4 heteroatoms. The summed E-state index contributed by atoms with van der Waals surface area (Å²) in [6.45, 7) is 10.2. The third-order valence-electron chi connectivity index (χ3n) is 5.40. The van der Waals surface area contributed by atoms with E-state index in [1.54, 1.807) is 18.7 Å². The lowest BCUT2D eigenvalue weighted by Crippen LogP contribution is -2.47. The van der Waals surface area contributed by atoms with Crippen molar-refractivity contribution >= 4 is 23.2 Å². The van der Waals surface area contributed by atoms with Crippen LogP contribution in [0.1, 0.15) is 50.3 Å². The van der Waals surface area contributed by atoms with E-state index in [-0.39, 0.29) is 17.7 Å². The zero-order valence-corrected chi connectivity index (χ0v) is 16.8. The van der Waals surface area contributed by atoms with E-state index < -0.39 is 5.41 Å². The number of benzene rings is 2. The van der Waals surface area contributed by atoms with Crippen LogP contribution in [0.3, 0.4) is 0 Å². The minimum atomic E-state index is -1.16. The number of fused-ring (bicyclic) bond motifs is 1. The minimum Gasteiger partial charge on any atom is -0.325 e. The highest BCUT2D eigenvalue weighted by atomic mass is 16.2. The standard InChI is InChI=1S/C23H28N2O2/c1-15(2)18-11-8-9-16(3)20(18)24-21(26)23(4,5)22(27)25-14-13-17-10-6-7-12-19(17)25/h6-12,15H,13-14H2,1-5H3,(H,24,26). The van der Waals surface area contributed by atoms with Crippen molar-refractivity contribution in [2.75, 3.05) is 16.8 Å². The Kier molecular flexibility index (Phi) is 5.09.